The summed E-state index contributed by atoms with van der Waals surface area (Å²) in [6.07, 6.45) is 2.96. The van der Waals surface area contributed by atoms with Crippen LogP contribution in [0.15, 0.2) is 41.3 Å². The van der Waals surface area contributed by atoms with Gasteiger partial charge in [-0.25, -0.2) is 0 Å². The molecule has 0 saturated carbocycles. The Morgan fingerprint density at radius 1 is 1.12 bits per heavy atom. The van der Waals surface area contributed by atoms with Gasteiger partial charge in [0, 0.05) is 32.9 Å². The van der Waals surface area contributed by atoms with Crippen molar-refractivity contribution in [2.45, 2.75) is 19.8 Å². The fourth-order valence-corrected chi connectivity index (χ4v) is 3.69. The zero-order valence-electron chi connectivity index (χ0n) is 18.5. The van der Waals surface area contributed by atoms with Crippen molar-refractivity contribution in [2.24, 2.45) is 13.0 Å². The second-order valence-corrected chi connectivity index (χ2v) is 7.94. The van der Waals surface area contributed by atoms with Crippen molar-refractivity contribution in [2.75, 3.05) is 32.1 Å². The second kappa shape index (κ2) is 10.1. The van der Waals surface area contributed by atoms with E-state index < -0.39 is 11.8 Å². The molecule has 1 aromatic heterocycles. The topological polar surface area (TPSA) is 110 Å². The number of aryl methyl sites for hydroxylation is 2. The van der Waals surface area contributed by atoms with E-state index in [1.165, 1.54) is 11.7 Å². The highest BCUT2D eigenvalue weighted by molar-refractivity contribution is 6.39. The minimum atomic E-state index is -0.763. The van der Waals surface area contributed by atoms with Gasteiger partial charge in [0.2, 0.25) is 0 Å². The number of rotatable bonds is 5. The first-order valence-electron chi connectivity index (χ1n) is 10.5. The van der Waals surface area contributed by atoms with Crippen LogP contribution in [0, 0.1) is 12.8 Å². The number of piperidine rings is 1. The first-order valence-corrected chi connectivity index (χ1v) is 10.5. The molecule has 3 amide bonds. The zero-order valence-corrected chi connectivity index (χ0v) is 18.5. The number of carbonyl (C=O) groups excluding carboxylic acids is 3. The Kier molecular flexibility index (Phi) is 7.29. The van der Waals surface area contributed by atoms with E-state index in [-0.39, 0.29) is 22.9 Å². The van der Waals surface area contributed by atoms with Gasteiger partial charge in [0.1, 0.15) is 11.3 Å². The molecule has 1 fully saturated rings. The van der Waals surface area contributed by atoms with Crippen LogP contribution in [0.2, 0.25) is 0 Å². The monoisotopic (exact) mass is 440 g/mol. The minimum absolute atomic E-state index is 0.142. The number of hydrogen-bond acceptors (Lipinski definition) is 5. The van der Waals surface area contributed by atoms with Crippen LogP contribution in [0.1, 0.15) is 28.8 Å². The molecule has 0 radical (unpaired) electrons. The normalized spacial score (nSPS) is 14.0. The summed E-state index contributed by atoms with van der Waals surface area (Å²) in [5.74, 6) is -1.15. The summed E-state index contributed by atoms with van der Waals surface area (Å²) in [5.41, 5.74) is 1.20. The van der Waals surface area contributed by atoms with E-state index in [0.717, 1.165) is 5.56 Å². The lowest BCUT2D eigenvalue weighted by Crippen LogP contribution is -2.44. The van der Waals surface area contributed by atoms with Crippen LogP contribution in [0.3, 0.4) is 0 Å². The molecule has 0 unspecified atom stereocenters. The average Bonchev–Trinajstić information content (AvgIpc) is 2.79. The molecule has 32 heavy (non-hydrogen) atoms. The fourth-order valence-electron chi connectivity index (χ4n) is 3.69. The summed E-state index contributed by atoms with van der Waals surface area (Å²) in [6.45, 7) is 3.20. The van der Waals surface area contributed by atoms with Gasteiger partial charge >= 0.3 is 11.8 Å². The summed E-state index contributed by atoms with van der Waals surface area (Å²) in [6, 6.07) is 8.52. The number of benzene rings is 1. The fraction of sp³-hybridized carbons (Fsp3) is 0.391. The number of amides is 3. The van der Waals surface area contributed by atoms with Gasteiger partial charge in [-0.3, -0.25) is 19.2 Å². The Labute approximate surface area is 186 Å². The van der Waals surface area contributed by atoms with Gasteiger partial charge in [0.15, 0.2) is 0 Å². The van der Waals surface area contributed by atoms with Gasteiger partial charge in [-0.2, -0.15) is 0 Å². The maximum Gasteiger partial charge on any atom is 0.313 e. The molecule has 1 saturated heterocycles. The van der Waals surface area contributed by atoms with Crippen LogP contribution >= 0.6 is 0 Å². The number of ether oxygens (including phenoxy) is 1. The van der Waals surface area contributed by atoms with Gasteiger partial charge < -0.3 is 24.8 Å². The van der Waals surface area contributed by atoms with E-state index >= 15 is 0 Å². The first kappa shape index (κ1) is 23.1. The maximum atomic E-state index is 12.7. The predicted octanol–water partition coefficient (Wildman–Crippen LogP) is 1.31. The van der Waals surface area contributed by atoms with E-state index in [0.29, 0.717) is 43.9 Å². The second-order valence-electron chi connectivity index (χ2n) is 7.94. The van der Waals surface area contributed by atoms with Crippen molar-refractivity contribution >= 4 is 23.4 Å². The number of aromatic nitrogens is 1. The third-order valence-electron chi connectivity index (χ3n) is 5.62. The maximum absolute atomic E-state index is 12.7. The Morgan fingerprint density at radius 3 is 2.53 bits per heavy atom. The molecule has 170 valence electrons. The molecule has 0 atom stereocenters. The number of nitrogens with zero attached hydrogens (tertiary/aromatic N) is 2. The SMILES string of the molecule is COc1ccc(C)cc1NC(=O)C(=O)NCC1CCN(C(=O)c2cccn(C)c2=O)CC1. The summed E-state index contributed by atoms with van der Waals surface area (Å²) >= 11 is 0. The molecule has 3 rings (SSSR count). The number of likely N-dealkylation sites (tertiary alicyclic amines) is 1. The standard InChI is InChI=1S/C23H28N4O5/c1-15-6-7-19(32-3)18(13-15)25-21(29)20(28)24-14-16-8-11-27(12-9-16)23(31)17-5-4-10-26(2)22(17)30/h4-7,10,13,16H,8-9,11-12,14H2,1-3H3,(H,24,28)(H,25,29). The van der Waals surface area contributed by atoms with Crippen molar-refractivity contribution in [3.63, 3.8) is 0 Å². The van der Waals surface area contributed by atoms with Crippen LogP contribution in [0.5, 0.6) is 5.75 Å². The number of nitrogens with one attached hydrogen (secondary N) is 2. The van der Waals surface area contributed by atoms with E-state index in [1.807, 2.05) is 13.0 Å². The van der Waals surface area contributed by atoms with Crippen molar-refractivity contribution < 1.29 is 19.1 Å². The lowest BCUT2D eigenvalue weighted by Gasteiger charge is -2.32. The molecule has 1 aliphatic heterocycles. The molecule has 2 N–H and O–H groups in total. The Hall–Kier alpha value is -3.62. The Bertz CT molecular complexity index is 1070. The highest BCUT2D eigenvalue weighted by atomic mass is 16.5. The highest BCUT2D eigenvalue weighted by Gasteiger charge is 2.26. The zero-order chi connectivity index (χ0) is 23.3. The van der Waals surface area contributed by atoms with Gasteiger partial charge in [0.25, 0.3) is 11.5 Å². The molecule has 2 heterocycles. The summed E-state index contributed by atoms with van der Waals surface area (Å²) in [5, 5.41) is 5.25. The van der Waals surface area contributed by atoms with Crippen LogP contribution in [0.25, 0.3) is 0 Å². The van der Waals surface area contributed by atoms with E-state index in [1.54, 1.807) is 42.4 Å². The van der Waals surface area contributed by atoms with Gasteiger partial charge in [-0.1, -0.05) is 6.07 Å². The van der Waals surface area contributed by atoms with Gasteiger partial charge in [0.05, 0.1) is 12.8 Å². The molecule has 1 aromatic carbocycles. The van der Waals surface area contributed by atoms with Gasteiger partial charge in [-0.15, -0.1) is 0 Å². The van der Waals surface area contributed by atoms with Crippen molar-refractivity contribution in [3.8, 4) is 5.75 Å². The molecular weight excluding hydrogens is 412 g/mol. The lowest BCUT2D eigenvalue weighted by atomic mass is 9.96. The lowest BCUT2D eigenvalue weighted by molar-refractivity contribution is -0.136. The van der Waals surface area contributed by atoms with Crippen LogP contribution < -0.4 is 20.9 Å². The number of carbonyl (C=O) groups is 3. The first-order chi connectivity index (χ1) is 15.3. The van der Waals surface area contributed by atoms with E-state index in [4.69, 9.17) is 4.74 Å². The Balaban J connectivity index is 1.48. The number of anilines is 1. The molecule has 2 aromatic rings. The van der Waals surface area contributed by atoms with Crippen molar-refractivity contribution in [1.82, 2.24) is 14.8 Å². The Morgan fingerprint density at radius 2 is 1.84 bits per heavy atom. The van der Waals surface area contributed by atoms with Crippen molar-refractivity contribution in [3.05, 3.63) is 58.0 Å². The number of pyridine rings is 1. The highest BCUT2D eigenvalue weighted by Crippen LogP contribution is 2.25. The molecule has 9 heteroatoms. The molecule has 1 aliphatic rings. The molecular formula is C23H28N4O5. The third-order valence-corrected chi connectivity index (χ3v) is 5.62. The van der Waals surface area contributed by atoms with Crippen molar-refractivity contribution in [1.29, 1.82) is 0 Å². The molecule has 0 spiro atoms. The summed E-state index contributed by atoms with van der Waals surface area (Å²) in [7, 11) is 3.10. The molecule has 0 bridgehead atoms. The van der Waals surface area contributed by atoms with E-state index in [9.17, 15) is 19.2 Å². The largest absolute Gasteiger partial charge is 0.495 e. The smallest absolute Gasteiger partial charge is 0.313 e. The van der Waals surface area contributed by atoms with E-state index in [2.05, 4.69) is 10.6 Å². The summed E-state index contributed by atoms with van der Waals surface area (Å²) in [4.78, 5) is 51.0. The van der Waals surface area contributed by atoms with Crippen LogP contribution in [-0.4, -0.2) is 53.9 Å². The third kappa shape index (κ3) is 5.35. The minimum Gasteiger partial charge on any atom is -0.495 e. The molecule has 9 nitrogen and oxygen atoms in total. The predicted molar refractivity (Wildman–Crippen MR) is 120 cm³/mol. The molecule has 0 aliphatic carbocycles. The number of methoxy groups -OCH3 is 1. The van der Waals surface area contributed by atoms with Gasteiger partial charge in [-0.05, 0) is 55.5 Å². The average molecular weight is 441 g/mol. The number of hydrogen-bond donors (Lipinski definition) is 2. The summed E-state index contributed by atoms with van der Waals surface area (Å²) < 4.78 is 6.59. The van der Waals surface area contributed by atoms with Crippen LogP contribution in [0.4, 0.5) is 5.69 Å². The quantitative estimate of drug-likeness (QED) is 0.682. The van der Waals surface area contributed by atoms with Crippen LogP contribution in [-0.2, 0) is 16.6 Å².